The summed E-state index contributed by atoms with van der Waals surface area (Å²) in [7, 11) is 3.20. The average Bonchev–Trinajstić information content (AvgIpc) is 2.80. The van der Waals surface area contributed by atoms with Gasteiger partial charge in [-0.25, -0.2) is 0 Å². The largest absolute Gasteiger partial charge is 0.493 e. The van der Waals surface area contributed by atoms with Gasteiger partial charge in [-0.05, 0) is 24.4 Å². The van der Waals surface area contributed by atoms with E-state index in [-0.39, 0.29) is 6.17 Å². The van der Waals surface area contributed by atoms with Crippen molar-refractivity contribution in [1.82, 2.24) is 4.90 Å². The molecule has 0 N–H and O–H groups in total. The molecule has 0 spiro atoms. The molecule has 0 saturated heterocycles. The van der Waals surface area contributed by atoms with Gasteiger partial charge in [-0.15, -0.1) is 11.7 Å². The number of thiocarbonyl (C=S) groups is 1. The molecule has 1 aliphatic rings. The van der Waals surface area contributed by atoms with E-state index in [0.717, 1.165) is 5.56 Å². The smallest absolute Gasteiger partial charge is 0.218 e. The average molecular weight is 277 g/mol. The highest BCUT2D eigenvalue weighted by Crippen LogP contribution is 2.34. The van der Waals surface area contributed by atoms with Crippen LogP contribution in [-0.4, -0.2) is 30.8 Å². The van der Waals surface area contributed by atoms with Gasteiger partial charge in [0.2, 0.25) is 5.11 Å². The minimum atomic E-state index is -0.231. The van der Waals surface area contributed by atoms with Crippen LogP contribution >= 0.6 is 12.2 Å². The Morgan fingerprint density at radius 1 is 1.37 bits per heavy atom. The van der Waals surface area contributed by atoms with E-state index in [2.05, 4.69) is 16.8 Å². The zero-order valence-electron chi connectivity index (χ0n) is 10.9. The highest BCUT2D eigenvalue weighted by molar-refractivity contribution is 7.80. The van der Waals surface area contributed by atoms with Crippen LogP contribution in [0.2, 0.25) is 0 Å². The Morgan fingerprint density at radius 3 is 2.74 bits per heavy atom. The molecule has 19 heavy (non-hydrogen) atoms. The Hall–Kier alpha value is -1.95. The Kier molecular flexibility index (Phi) is 4.11. The number of azo groups is 1. The number of hydrogen-bond acceptors (Lipinski definition) is 4. The van der Waals surface area contributed by atoms with Crippen molar-refractivity contribution in [3.63, 3.8) is 0 Å². The summed E-state index contributed by atoms with van der Waals surface area (Å²) < 4.78 is 10.5. The van der Waals surface area contributed by atoms with E-state index in [1.807, 2.05) is 23.1 Å². The normalized spacial score (nSPS) is 17.7. The molecule has 0 amide bonds. The third kappa shape index (κ3) is 2.58. The second-order valence-electron chi connectivity index (χ2n) is 3.93. The third-order valence-electron chi connectivity index (χ3n) is 2.83. The molecule has 100 valence electrons. The zero-order chi connectivity index (χ0) is 13.8. The van der Waals surface area contributed by atoms with E-state index in [0.29, 0.717) is 23.2 Å². The molecular formula is C13H15N3O2S. The van der Waals surface area contributed by atoms with Crippen molar-refractivity contribution in [3.8, 4) is 11.5 Å². The van der Waals surface area contributed by atoms with Crippen LogP contribution in [0.1, 0.15) is 11.7 Å². The van der Waals surface area contributed by atoms with Gasteiger partial charge in [-0.2, -0.15) is 5.11 Å². The SMILES string of the molecule is C=CCN1C(=S)N=NC1c1ccc(OC)c(OC)c1. The van der Waals surface area contributed by atoms with Gasteiger partial charge in [0.05, 0.1) is 14.2 Å². The Balaban J connectivity index is 2.33. The summed E-state index contributed by atoms with van der Waals surface area (Å²) in [6.45, 7) is 4.32. The first kappa shape index (κ1) is 13.5. The van der Waals surface area contributed by atoms with Crippen LogP contribution in [-0.2, 0) is 0 Å². The minimum Gasteiger partial charge on any atom is -0.493 e. The maximum absolute atomic E-state index is 5.29. The molecule has 5 nitrogen and oxygen atoms in total. The van der Waals surface area contributed by atoms with Crippen LogP contribution in [0.4, 0.5) is 0 Å². The zero-order valence-corrected chi connectivity index (χ0v) is 11.7. The molecule has 0 aromatic heterocycles. The van der Waals surface area contributed by atoms with Gasteiger partial charge >= 0.3 is 0 Å². The number of benzene rings is 1. The van der Waals surface area contributed by atoms with E-state index < -0.39 is 0 Å². The fraction of sp³-hybridized carbons (Fsp3) is 0.308. The van der Waals surface area contributed by atoms with Crippen molar-refractivity contribution in [3.05, 3.63) is 36.4 Å². The summed E-state index contributed by atoms with van der Waals surface area (Å²) in [4.78, 5) is 1.89. The quantitative estimate of drug-likeness (QED) is 0.613. The number of nitrogens with zero attached hydrogens (tertiary/aromatic N) is 3. The molecule has 0 bridgehead atoms. The fourth-order valence-electron chi connectivity index (χ4n) is 1.91. The second kappa shape index (κ2) is 5.79. The molecule has 1 aliphatic heterocycles. The summed E-state index contributed by atoms with van der Waals surface area (Å²) in [5.41, 5.74) is 0.947. The van der Waals surface area contributed by atoms with Crippen molar-refractivity contribution in [1.29, 1.82) is 0 Å². The van der Waals surface area contributed by atoms with Crippen molar-refractivity contribution in [2.75, 3.05) is 20.8 Å². The maximum atomic E-state index is 5.29. The van der Waals surface area contributed by atoms with Crippen LogP contribution in [0.3, 0.4) is 0 Å². The van der Waals surface area contributed by atoms with E-state index >= 15 is 0 Å². The molecule has 0 fully saturated rings. The Morgan fingerprint density at radius 2 is 2.11 bits per heavy atom. The molecule has 0 aliphatic carbocycles. The summed E-state index contributed by atoms with van der Waals surface area (Å²) in [6.07, 6.45) is 1.54. The molecule has 0 saturated carbocycles. The predicted molar refractivity (Wildman–Crippen MR) is 76.6 cm³/mol. The lowest BCUT2D eigenvalue weighted by atomic mass is 10.1. The van der Waals surface area contributed by atoms with Gasteiger partial charge in [-0.1, -0.05) is 12.1 Å². The highest BCUT2D eigenvalue weighted by Gasteiger charge is 2.27. The standard InChI is InChI=1S/C13H15N3O2S/c1-4-7-16-12(14-15-13(16)19)9-5-6-10(17-2)11(8-9)18-3/h4-6,8,12H,1,7H2,2-3H3. The monoisotopic (exact) mass is 277 g/mol. The molecule has 2 rings (SSSR count). The van der Waals surface area contributed by atoms with Gasteiger partial charge in [-0.3, -0.25) is 0 Å². The number of rotatable bonds is 5. The highest BCUT2D eigenvalue weighted by atomic mass is 32.1. The van der Waals surface area contributed by atoms with Crippen molar-refractivity contribution in [2.24, 2.45) is 10.2 Å². The van der Waals surface area contributed by atoms with Crippen LogP contribution in [0, 0.1) is 0 Å². The third-order valence-corrected chi connectivity index (χ3v) is 3.14. The predicted octanol–water partition coefficient (Wildman–Crippen LogP) is 2.94. The van der Waals surface area contributed by atoms with Gasteiger partial charge in [0.1, 0.15) is 0 Å². The number of methoxy groups -OCH3 is 2. The van der Waals surface area contributed by atoms with Crippen molar-refractivity contribution < 1.29 is 9.47 Å². The lowest BCUT2D eigenvalue weighted by Crippen LogP contribution is -2.27. The first-order chi connectivity index (χ1) is 9.21. The fourth-order valence-corrected chi connectivity index (χ4v) is 2.13. The number of hydrogen-bond donors (Lipinski definition) is 0. The molecule has 1 atom stereocenters. The molecule has 1 aromatic rings. The van der Waals surface area contributed by atoms with Crippen molar-refractivity contribution in [2.45, 2.75) is 6.17 Å². The Bertz CT molecular complexity index is 531. The molecule has 1 heterocycles. The molecular weight excluding hydrogens is 262 g/mol. The van der Waals surface area contributed by atoms with E-state index in [4.69, 9.17) is 21.7 Å². The van der Waals surface area contributed by atoms with Gasteiger partial charge < -0.3 is 14.4 Å². The Labute approximate surface area is 117 Å². The first-order valence-corrected chi connectivity index (χ1v) is 6.16. The van der Waals surface area contributed by atoms with E-state index in [1.54, 1.807) is 20.3 Å². The van der Waals surface area contributed by atoms with E-state index in [9.17, 15) is 0 Å². The summed E-state index contributed by atoms with van der Waals surface area (Å²) in [5, 5.41) is 8.61. The van der Waals surface area contributed by atoms with Crippen molar-refractivity contribution >= 4 is 17.3 Å². The number of ether oxygens (including phenoxy) is 2. The molecule has 0 radical (unpaired) electrons. The maximum Gasteiger partial charge on any atom is 0.218 e. The molecule has 1 unspecified atom stereocenters. The van der Waals surface area contributed by atoms with Crippen LogP contribution in [0.5, 0.6) is 11.5 Å². The summed E-state index contributed by atoms with van der Waals surface area (Å²) in [5.74, 6) is 1.34. The topological polar surface area (TPSA) is 46.4 Å². The lowest BCUT2D eigenvalue weighted by molar-refractivity contribution is 0.349. The van der Waals surface area contributed by atoms with Gasteiger partial charge in [0.25, 0.3) is 0 Å². The second-order valence-corrected chi connectivity index (χ2v) is 4.29. The molecule has 6 heteroatoms. The summed E-state index contributed by atoms with van der Waals surface area (Å²) >= 11 is 5.15. The van der Waals surface area contributed by atoms with Gasteiger partial charge in [0, 0.05) is 12.1 Å². The first-order valence-electron chi connectivity index (χ1n) is 5.75. The minimum absolute atomic E-state index is 0.231. The van der Waals surface area contributed by atoms with E-state index in [1.165, 1.54) is 0 Å². The van der Waals surface area contributed by atoms with Crippen LogP contribution in [0.25, 0.3) is 0 Å². The molecule has 1 aromatic carbocycles. The van der Waals surface area contributed by atoms with Crippen LogP contribution < -0.4 is 9.47 Å². The van der Waals surface area contributed by atoms with Crippen LogP contribution in [0.15, 0.2) is 41.1 Å². The summed E-state index contributed by atoms with van der Waals surface area (Å²) in [6, 6.07) is 5.65. The lowest BCUT2D eigenvalue weighted by Gasteiger charge is -2.22. The van der Waals surface area contributed by atoms with Gasteiger partial charge in [0.15, 0.2) is 17.7 Å².